The number of hydrogen-bond acceptors (Lipinski definition) is 3. The van der Waals surface area contributed by atoms with Crippen molar-refractivity contribution in [3.05, 3.63) is 59.1 Å². The number of aromatic amines is 1. The molecular formula is C14H11ClFN3O2S. The SMILES string of the molecule is O=S(=O)(NCc1ccc(F)c(Cl)c1)c1c[nH]c2ncccc12. The summed E-state index contributed by atoms with van der Waals surface area (Å²) in [5, 5.41) is 0.458. The summed E-state index contributed by atoms with van der Waals surface area (Å²) in [5.41, 5.74) is 1.06. The van der Waals surface area contributed by atoms with Crippen LogP contribution in [0.1, 0.15) is 5.56 Å². The molecule has 0 spiro atoms. The fraction of sp³-hybridized carbons (Fsp3) is 0.0714. The maximum atomic E-state index is 13.1. The monoisotopic (exact) mass is 339 g/mol. The van der Waals surface area contributed by atoms with Gasteiger partial charge in [0.25, 0.3) is 0 Å². The van der Waals surface area contributed by atoms with E-state index in [2.05, 4.69) is 14.7 Å². The van der Waals surface area contributed by atoms with Gasteiger partial charge in [0.1, 0.15) is 16.4 Å². The zero-order chi connectivity index (χ0) is 15.7. The second-order valence-corrected chi connectivity index (χ2v) is 6.77. The molecule has 1 aromatic carbocycles. The van der Waals surface area contributed by atoms with Gasteiger partial charge in [-0.25, -0.2) is 22.5 Å². The number of halogens is 2. The third-order valence-corrected chi connectivity index (χ3v) is 4.88. The second-order valence-electron chi connectivity index (χ2n) is 4.63. The molecule has 0 bridgehead atoms. The van der Waals surface area contributed by atoms with E-state index in [0.717, 1.165) is 0 Å². The zero-order valence-electron chi connectivity index (χ0n) is 11.2. The van der Waals surface area contributed by atoms with Crippen molar-refractivity contribution in [3.63, 3.8) is 0 Å². The number of rotatable bonds is 4. The third kappa shape index (κ3) is 2.83. The molecule has 0 radical (unpaired) electrons. The van der Waals surface area contributed by atoms with Gasteiger partial charge in [0.15, 0.2) is 0 Å². The van der Waals surface area contributed by atoms with Gasteiger partial charge in [0, 0.05) is 24.3 Å². The molecule has 2 heterocycles. The van der Waals surface area contributed by atoms with Gasteiger partial charge in [-0.3, -0.25) is 0 Å². The van der Waals surface area contributed by atoms with Crippen molar-refractivity contribution in [1.29, 1.82) is 0 Å². The van der Waals surface area contributed by atoms with Crippen LogP contribution >= 0.6 is 11.6 Å². The molecule has 2 aromatic heterocycles. The van der Waals surface area contributed by atoms with E-state index in [1.807, 2.05) is 0 Å². The predicted octanol–water partition coefficient (Wildman–Crippen LogP) is 2.83. The van der Waals surface area contributed by atoms with Crippen LogP contribution in [-0.2, 0) is 16.6 Å². The zero-order valence-corrected chi connectivity index (χ0v) is 12.7. The van der Waals surface area contributed by atoms with Gasteiger partial charge in [-0.1, -0.05) is 17.7 Å². The maximum Gasteiger partial charge on any atom is 0.243 e. The Kier molecular flexibility index (Phi) is 3.86. The molecule has 114 valence electrons. The smallest absolute Gasteiger partial charge is 0.243 e. The number of pyridine rings is 1. The molecule has 0 saturated carbocycles. The number of sulfonamides is 1. The third-order valence-electron chi connectivity index (χ3n) is 3.15. The molecule has 0 atom stereocenters. The summed E-state index contributed by atoms with van der Waals surface area (Å²) in [5.74, 6) is -0.545. The van der Waals surface area contributed by atoms with E-state index in [1.54, 1.807) is 18.3 Å². The van der Waals surface area contributed by atoms with Crippen LogP contribution < -0.4 is 4.72 Å². The van der Waals surface area contributed by atoms with E-state index in [-0.39, 0.29) is 16.5 Å². The average Bonchev–Trinajstić information content (AvgIpc) is 2.93. The fourth-order valence-corrected chi connectivity index (χ4v) is 3.44. The maximum absolute atomic E-state index is 13.1. The van der Waals surface area contributed by atoms with Gasteiger partial charge < -0.3 is 4.98 Å². The lowest BCUT2D eigenvalue weighted by Crippen LogP contribution is -2.23. The molecule has 0 unspecified atom stereocenters. The molecule has 0 fully saturated rings. The summed E-state index contributed by atoms with van der Waals surface area (Å²) in [6.07, 6.45) is 2.96. The lowest BCUT2D eigenvalue weighted by atomic mass is 10.2. The first kappa shape index (κ1) is 15.0. The molecule has 5 nitrogen and oxygen atoms in total. The Labute approximate surface area is 131 Å². The number of aromatic nitrogens is 2. The second kappa shape index (κ2) is 5.68. The Hall–Kier alpha value is -1.96. The van der Waals surface area contributed by atoms with E-state index >= 15 is 0 Å². The Balaban J connectivity index is 1.86. The molecule has 8 heteroatoms. The predicted molar refractivity (Wildman–Crippen MR) is 81.5 cm³/mol. The van der Waals surface area contributed by atoms with Crippen molar-refractivity contribution >= 4 is 32.7 Å². The molecule has 0 aliphatic carbocycles. The Morgan fingerprint density at radius 2 is 2.14 bits per heavy atom. The molecule has 3 rings (SSSR count). The van der Waals surface area contributed by atoms with Gasteiger partial charge in [-0.15, -0.1) is 0 Å². The first-order valence-corrected chi connectivity index (χ1v) is 8.19. The van der Waals surface area contributed by atoms with Crippen LogP contribution in [0.5, 0.6) is 0 Å². The van der Waals surface area contributed by atoms with Crippen LogP contribution in [0.15, 0.2) is 47.6 Å². The normalized spacial score (nSPS) is 11.9. The van der Waals surface area contributed by atoms with Crippen LogP contribution in [-0.4, -0.2) is 18.4 Å². The van der Waals surface area contributed by atoms with Gasteiger partial charge >= 0.3 is 0 Å². The Bertz CT molecular complexity index is 940. The topological polar surface area (TPSA) is 74.8 Å². The number of benzene rings is 1. The standard InChI is InChI=1S/C14H11ClFN3O2S/c15-11-6-9(3-4-12(11)16)7-19-22(20,21)13-8-18-14-10(13)2-1-5-17-14/h1-6,8,19H,7H2,(H,17,18). The van der Waals surface area contributed by atoms with Crippen molar-refractivity contribution in [2.24, 2.45) is 0 Å². The highest BCUT2D eigenvalue weighted by Crippen LogP contribution is 2.21. The van der Waals surface area contributed by atoms with E-state index in [1.165, 1.54) is 24.4 Å². The number of fused-ring (bicyclic) bond motifs is 1. The molecule has 0 aliphatic rings. The van der Waals surface area contributed by atoms with Gasteiger partial charge in [-0.05, 0) is 29.8 Å². The van der Waals surface area contributed by atoms with E-state index in [9.17, 15) is 12.8 Å². The molecule has 0 amide bonds. The quantitative estimate of drug-likeness (QED) is 0.767. The number of H-pyrrole nitrogens is 1. The summed E-state index contributed by atoms with van der Waals surface area (Å²) >= 11 is 5.68. The summed E-state index contributed by atoms with van der Waals surface area (Å²) in [6, 6.07) is 7.38. The van der Waals surface area contributed by atoms with Crippen LogP contribution in [0, 0.1) is 5.82 Å². The first-order chi connectivity index (χ1) is 10.5. The highest BCUT2D eigenvalue weighted by molar-refractivity contribution is 7.89. The lowest BCUT2D eigenvalue weighted by molar-refractivity contribution is 0.582. The van der Waals surface area contributed by atoms with Gasteiger partial charge in [0.2, 0.25) is 10.0 Å². The summed E-state index contributed by atoms with van der Waals surface area (Å²) in [6.45, 7) is 0.00920. The highest BCUT2D eigenvalue weighted by Gasteiger charge is 2.19. The molecule has 0 aliphatic heterocycles. The molecule has 2 N–H and O–H groups in total. The first-order valence-electron chi connectivity index (χ1n) is 6.33. The van der Waals surface area contributed by atoms with Crippen LogP contribution in [0.25, 0.3) is 11.0 Å². The molecule has 22 heavy (non-hydrogen) atoms. The Morgan fingerprint density at radius 1 is 1.32 bits per heavy atom. The Morgan fingerprint density at radius 3 is 2.91 bits per heavy atom. The van der Waals surface area contributed by atoms with Crippen molar-refractivity contribution in [2.75, 3.05) is 0 Å². The van der Waals surface area contributed by atoms with Crippen LogP contribution in [0.4, 0.5) is 4.39 Å². The lowest BCUT2D eigenvalue weighted by Gasteiger charge is -2.06. The summed E-state index contributed by atoms with van der Waals surface area (Å²) in [7, 11) is -3.72. The van der Waals surface area contributed by atoms with E-state index in [4.69, 9.17) is 11.6 Å². The van der Waals surface area contributed by atoms with Crippen molar-refractivity contribution in [1.82, 2.24) is 14.7 Å². The van der Waals surface area contributed by atoms with E-state index in [0.29, 0.717) is 16.6 Å². The minimum Gasteiger partial charge on any atom is -0.345 e. The van der Waals surface area contributed by atoms with Gasteiger partial charge in [0.05, 0.1) is 5.02 Å². The average molecular weight is 340 g/mol. The number of nitrogens with one attached hydrogen (secondary N) is 2. The van der Waals surface area contributed by atoms with E-state index < -0.39 is 15.8 Å². The number of hydrogen-bond donors (Lipinski definition) is 2. The van der Waals surface area contributed by atoms with Gasteiger partial charge in [-0.2, -0.15) is 0 Å². The van der Waals surface area contributed by atoms with Crippen LogP contribution in [0.2, 0.25) is 5.02 Å². The van der Waals surface area contributed by atoms with Crippen LogP contribution in [0.3, 0.4) is 0 Å². The largest absolute Gasteiger partial charge is 0.345 e. The molecule has 3 aromatic rings. The minimum absolute atomic E-state index is 0.00920. The minimum atomic E-state index is -3.72. The summed E-state index contributed by atoms with van der Waals surface area (Å²) < 4.78 is 40.3. The highest BCUT2D eigenvalue weighted by atomic mass is 35.5. The van der Waals surface area contributed by atoms with Crippen molar-refractivity contribution in [2.45, 2.75) is 11.4 Å². The van der Waals surface area contributed by atoms with Crippen molar-refractivity contribution < 1.29 is 12.8 Å². The molecule has 0 saturated heterocycles. The molecular weight excluding hydrogens is 329 g/mol. The summed E-state index contributed by atoms with van der Waals surface area (Å²) in [4.78, 5) is 6.97. The van der Waals surface area contributed by atoms with Crippen molar-refractivity contribution in [3.8, 4) is 0 Å². The number of nitrogens with zero attached hydrogens (tertiary/aromatic N) is 1. The fourth-order valence-electron chi connectivity index (χ4n) is 2.06.